The Kier molecular flexibility index (Phi) is 7.40. The summed E-state index contributed by atoms with van der Waals surface area (Å²) in [7, 11) is 3.35. The Hall–Kier alpha value is -1.26. The first-order valence-corrected chi connectivity index (χ1v) is 5.29. The highest BCUT2D eigenvalue weighted by molar-refractivity contribution is 5.76. The minimum atomic E-state index is -0.141. The van der Waals surface area contributed by atoms with Gasteiger partial charge in [0.05, 0.1) is 0 Å². The number of urea groups is 1. The molecule has 2 N–H and O–H groups in total. The van der Waals surface area contributed by atoms with Gasteiger partial charge in [-0.15, -0.1) is 0 Å². The normalized spacial score (nSPS) is 9.53. The summed E-state index contributed by atoms with van der Waals surface area (Å²) in [4.78, 5) is 23.7. The zero-order valence-corrected chi connectivity index (χ0v) is 9.80. The molecule has 15 heavy (non-hydrogen) atoms. The first-order chi connectivity index (χ1) is 7.07. The summed E-state index contributed by atoms with van der Waals surface area (Å²) >= 11 is 0. The molecule has 0 aliphatic heterocycles. The second kappa shape index (κ2) is 8.08. The molecule has 0 saturated carbocycles. The zero-order chi connectivity index (χ0) is 11.7. The monoisotopic (exact) mass is 215 g/mol. The van der Waals surface area contributed by atoms with Crippen LogP contribution in [0.3, 0.4) is 0 Å². The maximum atomic E-state index is 11.1. The van der Waals surface area contributed by atoms with Crippen molar-refractivity contribution in [3.8, 4) is 0 Å². The summed E-state index contributed by atoms with van der Waals surface area (Å²) in [5.74, 6) is 0.0518. The molecule has 0 spiro atoms. The standard InChI is InChI=1S/C10H21N3O2/c1-4-5-6-9(14)11-7-8-12-10(15)13(2)3/h4-8H2,1-3H3,(H,11,14)(H,12,15). The Morgan fingerprint density at radius 1 is 1.13 bits per heavy atom. The molecule has 0 heterocycles. The molecule has 0 bridgehead atoms. The van der Waals surface area contributed by atoms with E-state index in [0.29, 0.717) is 19.5 Å². The van der Waals surface area contributed by atoms with Gasteiger partial charge in [-0.1, -0.05) is 13.3 Å². The van der Waals surface area contributed by atoms with Gasteiger partial charge in [-0.05, 0) is 6.42 Å². The van der Waals surface area contributed by atoms with E-state index in [4.69, 9.17) is 0 Å². The van der Waals surface area contributed by atoms with Crippen molar-refractivity contribution in [1.82, 2.24) is 15.5 Å². The molecule has 88 valence electrons. The van der Waals surface area contributed by atoms with Gasteiger partial charge in [-0.2, -0.15) is 0 Å². The van der Waals surface area contributed by atoms with Crippen LogP contribution in [0.4, 0.5) is 4.79 Å². The second-order valence-electron chi connectivity index (χ2n) is 3.58. The molecule has 0 aliphatic carbocycles. The highest BCUT2D eigenvalue weighted by Gasteiger charge is 2.02. The Morgan fingerprint density at radius 3 is 2.27 bits per heavy atom. The number of carbonyl (C=O) groups excluding carboxylic acids is 2. The van der Waals surface area contributed by atoms with Crippen molar-refractivity contribution in [3.63, 3.8) is 0 Å². The van der Waals surface area contributed by atoms with Crippen LogP contribution in [0.25, 0.3) is 0 Å². The van der Waals surface area contributed by atoms with Crippen molar-refractivity contribution in [3.05, 3.63) is 0 Å². The molecular weight excluding hydrogens is 194 g/mol. The lowest BCUT2D eigenvalue weighted by molar-refractivity contribution is -0.121. The third-order valence-electron chi connectivity index (χ3n) is 1.89. The van der Waals surface area contributed by atoms with Crippen LogP contribution in [0, 0.1) is 0 Å². The third-order valence-corrected chi connectivity index (χ3v) is 1.89. The van der Waals surface area contributed by atoms with Gasteiger partial charge in [-0.25, -0.2) is 4.79 Å². The van der Waals surface area contributed by atoms with Crippen LogP contribution in [-0.4, -0.2) is 44.0 Å². The fraction of sp³-hybridized carbons (Fsp3) is 0.800. The van der Waals surface area contributed by atoms with Crippen LogP contribution >= 0.6 is 0 Å². The lowest BCUT2D eigenvalue weighted by Gasteiger charge is -2.12. The SMILES string of the molecule is CCCCC(=O)NCCNC(=O)N(C)C. The van der Waals surface area contributed by atoms with E-state index in [9.17, 15) is 9.59 Å². The van der Waals surface area contributed by atoms with Crippen LogP contribution < -0.4 is 10.6 Å². The number of rotatable bonds is 6. The van der Waals surface area contributed by atoms with Gasteiger partial charge in [0.25, 0.3) is 0 Å². The molecule has 0 fully saturated rings. The summed E-state index contributed by atoms with van der Waals surface area (Å²) in [6.45, 7) is 3.00. The van der Waals surface area contributed by atoms with Crippen molar-refractivity contribution < 1.29 is 9.59 Å². The molecule has 3 amide bonds. The maximum absolute atomic E-state index is 11.1. The zero-order valence-electron chi connectivity index (χ0n) is 9.80. The summed E-state index contributed by atoms with van der Waals surface area (Å²) in [5.41, 5.74) is 0. The fourth-order valence-corrected chi connectivity index (χ4v) is 0.955. The molecule has 0 aromatic carbocycles. The van der Waals surface area contributed by atoms with Gasteiger partial charge in [0.15, 0.2) is 0 Å². The molecule has 0 aromatic heterocycles. The summed E-state index contributed by atoms with van der Waals surface area (Å²) in [5, 5.41) is 5.41. The first kappa shape index (κ1) is 13.7. The molecule has 0 radical (unpaired) electrons. The maximum Gasteiger partial charge on any atom is 0.316 e. The number of hydrogen-bond acceptors (Lipinski definition) is 2. The van der Waals surface area contributed by atoms with Gasteiger partial charge in [0, 0.05) is 33.6 Å². The summed E-state index contributed by atoms with van der Waals surface area (Å²) in [6.07, 6.45) is 2.50. The van der Waals surface area contributed by atoms with Crippen molar-refractivity contribution in [1.29, 1.82) is 0 Å². The number of nitrogens with one attached hydrogen (secondary N) is 2. The molecular formula is C10H21N3O2. The van der Waals surface area contributed by atoms with E-state index < -0.39 is 0 Å². The molecule has 0 unspecified atom stereocenters. The molecule has 0 saturated heterocycles. The van der Waals surface area contributed by atoms with Crippen LogP contribution in [0.15, 0.2) is 0 Å². The average molecular weight is 215 g/mol. The average Bonchev–Trinajstić information content (AvgIpc) is 2.20. The quantitative estimate of drug-likeness (QED) is 0.636. The summed E-state index contributed by atoms with van der Waals surface area (Å²) < 4.78 is 0. The highest BCUT2D eigenvalue weighted by atomic mass is 16.2. The van der Waals surface area contributed by atoms with Crippen LogP contribution in [0.2, 0.25) is 0 Å². The van der Waals surface area contributed by atoms with E-state index in [1.807, 2.05) is 6.92 Å². The molecule has 5 heteroatoms. The fourth-order valence-electron chi connectivity index (χ4n) is 0.955. The van der Waals surface area contributed by atoms with Gasteiger partial charge in [0.2, 0.25) is 5.91 Å². The Labute approximate surface area is 91.2 Å². The first-order valence-electron chi connectivity index (χ1n) is 5.29. The number of nitrogens with zero attached hydrogens (tertiary/aromatic N) is 1. The van der Waals surface area contributed by atoms with E-state index in [2.05, 4.69) is 10.6 Å². The van der Waals surface area contributed by atoms with E-state index in [1.54, 1.807) is 14.1 Å². The molecule has 0 atom stereocenters. The van der Waals surface area contributed by atoms with Crippen LogP contribution in [0.5, 0.6) is 0 Å². The molecule has 0 rings (SSSR count). The number of hydrogen-bond donors (Lipinski definition) is 2. The van der Waals surface area contributed by atoms with E-state index >= 15 is 0 Å². The minimum Gasteiger partial charge on any atom is -0.354 e. The number of amides is 3. The number of unbranched alkanes of at least 4 members (excludes halogenated alkanes) is 1. The molecule has 0 aliphatic rings. The third kappa shape index (κ3) is 7.78. The Balaban J connectivity index is 3.38. The smallest absolute Gasteiger partial charge is 0.316 e. The largest absolute Gasteiger partial charge is 0.354 e. The minimum absolute atomic E-state index is 0.0518. The van der Waals surface area contributed by atoms with Crippen molar-refractivity contribution in [2.45, 2.75) is 26.2 Å². The van der Waals surface area contributed by atoms with E-state index in [1.165, 1.54) is 4.90 Å². The van der Waals surface area contributed by atoms with Crippen LogP contribution in [0.1, 0.15) is 26.2 Å². The lowest BCUT2D eigenvalue weighted by Crippen LogP contribution is -2.39. The number of carbonyl (C=O) groups is 2. The van der Waals surface area contributed by atoms with Crippen LogP contribution in [-0.2, 0) is 4.79 Å². The second-order valence-corrected chi connectivity index (χ2v) is 3.58. The van der Waals surface area contributed by atoms with E-state index in [0.717, 1.165) is 12.8 Å². The van der Waals surface area contributed by atoms with Gasteiger partial charge in [0.1, 0.15) is 0 Å². The molecule has 5 nitrogen and oxygen atoms in total. The predicted molar refractivity (Wildman–Crippen MR) is 59.6 cm³/mol. The van der Waals surface area contributed by atoms with Crippen molar-refractivity contribution >= 4 is 11.9 Å². The highest BCUT2D eigenvalue weighted by Crippen LogP contribution is 1.92. The summed E-state index contributed by atoms with van der Waals surface area (Å²) in [6, 6.07) is -0.141. The van der Waals surface area contributed by atoms with Gasteiger partial charge in [-0.3, -0.25) is 4.79 Å². The lowest BCUT2D eigenvalue weighted by atomic mass is 10.2. The van der Waals surface area contributed by atoms with Gasteiger partial charge >= 0.3 is 6.03 Å². The molecule has 0 aromatic rings. The Bertz CT molecular complexity index is 205. The van der Waals surface area contributed by atoms with E-state index in [-0.39, 0.29) is 11.9 Å². The topological polar surface area (TPSA) is 61.4 Å². The predicted octanol–water partition coefficient (Wildman–Crippen LogP) is 0.564. The van der Waals surface area contributed by atoms with Gasteiger partial charge < -0.3 is 15.5 Å². The Morgan fingerprint density at radius 2 is 1.73 bits per heavy atom. The van der Waals surface area contributed by atoms with Crippen molar-refractivity contribution in [2.75, 3.05) is 27.2 Å². The van der Waals surface area contributed by atoms with Crippen molar-refractivity contribution in [2.24, 2.45) is 0 Å².